The fourth-order valence-electron chi connectivity index (χ4n) is 2.13. The average molecular weight is 322 g/mol. The topological polar surface area (TPSA) is 63.4 Å². The lowest BCUT2D eigenvalue weighted by molar-refractivity contribution is 0.381. The summed E-state index contributed by atoms with van der Waals surface area (Å²) in [6.07, 6.45) is 0. The number of halogens is 2. The second-order valence-electron chi connectivity index (χ2n) is 5.26. The summed E-state index contributed by atoms with van der Waals surface area (Å²) in [5.41, 5.74) is 5.16. The minimum atomic E-state index is -4.20. The van der Waals surface area contributed by atoms with Crippen molar-refractivity contribution in [1.29, 1.82) is 0 Å². The molecule has 0 aromatic heterocycles. The first-order valence-electron chi connectivity index (χ1n) is 6.02. The molecule has 1 fully saturated rings. The molecule has 1 aromatic carbocycles. The molecule has 0 radical (unpaired) electrons. The Bertz CT molecular complexity index is 609. The molecular weight excluding hydrogens is 306 g/mol. The van der Waals surface area contributed by atoms with Crippen LogP contribution in [0.1, 0.15) is 13.8 Å². The largest absolute Gasteiger partial charge is 0.399 e. The Labute approximate surface area is 121 Å². The molecule has 1 saturated heterocycles. The van der Waals surface area contributed by atoms with E-state index in [9.17, 15) is 17.2 Å². The Hall–Kier alpha value is -0.860. The number of hydrogen-bond acceptors (Lipinski definition) is 4. The van der Waals surface area contributed by atoms with Crippen molar-refractivity contribution in [1.82, 2.24) is 4.31 Å². The van der Waals surface area contributed by atoms with E-state index in [2.05, 4.69) is 0 Å². The van der Waals surface area contributed by atoms with E-state index >= 15 is 0 Å². The first-order chi connectivity index (χ1) is 9.13. The normalized spacial score (nSPS) is 20.0. The summed E-state index contributed by atoms with van der Waals surface area (Å²) in [6.45, 7) is 4.24. The molecule has 1 heterocycles. The van der Waals surface area contributed by atoms with Gasteiger partial charge in [-0.1, -0.05) is 0 Å². The maximum atomic E-state index is 13.8. The van der Waals surface area contributed by atoms with Crippen LogP contribution >= 0.6 is 11.8 Å². The predicted octanol–water partition coefficient (Wildman–Crippen LogP) is 2.06. The molecule has 0 atom stereocenters. The summed E-state index contributed by atoms with van der Waals surface area (Å²) in [7, 11) is -4.20. The van der Waals surface area contributed by atoms with Crippen LogP contribution in [0.5, 0.6) is 0 Å². The van der Waals surface area contributed by atoms with Gasteiger partial charge in [0, 0.05) is 29.3 Å². The zero-order chi connectivity index (χ0) is 15.1. The number of nitrogen functional groups attached to an aromatic ring is 1. The molecule has 1 aromatic rings. The SMILES string of the molecule is CC1(C)CN(S(=O)(=O)c2c(F)cc(N)cc2F)CCS1. The summed E-state index contributed by atoms with van der Waals surface area (Å²) in [4.78, 5) is -0.922. The van der Waals surface area contributed by atoms with E-state index in [1.165, 1.54) is 0 Å². The zero-order valence-corrected chi connectivity index (χ0v) is 12.8. The van der Waals surface area contributed by atoms with E-state index in [-0.39, 0.29) is 23.5 Å². The monoisotopic (exact) mass is 322 g/mol. The zero-order valence-electron chi connectivity index (χ0n) is 11.2. The molecule has 2 N–H and O–H groups in total. The van der Waals surface area contributed by atoms with E-state index in [0.717, 1.165) is 16.4 Å². The van der Waals surface area contributed by atoms with Gasteiger partial charge in [-0.05, 0) is 26.0 Å². The Morgan fingerprint density at radius 2 is 1.85 bits per heavy atom. The number of anilines is 1. The third-order valence-electron chi connectivity index (χ3n) is 3.01. The highest BCUT2D eigenvalue weighted by molar-refractivity contribution is 8.00. The van der Waals surface area contributed by atoms with Crippen molar-refractivity contribution in [3.63, 3.8) is 0 Å². The summed E-state index contributed by atoms with van der Waals surface area (Å²) in [5.74, 6) is -1.72. The van der Waals surface area contributed by atoms with Crippen LogP contribution in [0.2, 0.25) is 0 Å². The minimum absolute atomic E-state index is 0.145. The number of nitrogens with two attached hydrogens (primary N) is 1. The Balaban J connectivity index is 2.46. The van der Waals surface area contributed by atoms with Crippen LogP contribution in [-0.2, 0) is 10.0 Å². The lowest BCUT2D eigenvalue weighted by Crippen LogP contribution is -2.46. The highest BCUT2D eigenvalue weighted by atomic mass is 32.2. The van der Waals surface area contributed by atoms with Gasteiger partial charge in [0.15, 0.2) is 4.90 Å². The molecular formula is C12H16F2N2O2S2. The van der Waals surface area contributed by atoms with Crippen molar-refractivity contribution in [2.75, 3.05) is 24.6 Å². The van der Waals surface area contributed by atoms with Gasteiger partial charge in [0.05, 0.1) is 0 Å². The number of nitrogens with zero attached hydrogens (tertiary/aromatic N) is 1. The first kappa shape index (κ1) is 15.5. The van der Waals surface area contributed by atoms with Crippen molar-refractivity contribution in [3.05, 3.63) is 23.8 Å². The number of thioether (sulfide) groups is 1. The van der Waals surface area contributed by atoms with E-state index in [1.807, 2.05) is 13.8 Å². The first-order valence-corrected chi connectivity index (χ1v) is 8.45. The quantitative estimate of drug-likeness (QED) is 0.847. The third-order valence-corrected chi connectivity index (χ3v) is 6.20. The van der Waals surface area contributed by atoms with Crippen LogP contribution in [-0.4, -0.2) is 36.3 Å². The van der Waals surface area contributed by atoms with Gasteiger partial charge >= 0.3 is 0 Å². The van der Waals surface area contributed by atoms with Crippen molar-refractivity contribution in [2.24, 2.45) is 0 Å². The maximum Gasteiger partial charge on any atom is 0.249 e. The smallest absolute Gasteiger partial charge is 0.249 e. The summed E-state index contributed by atoms with van der Waals surface area (Å²) in [6, 6.07) is 1.64. The van der Waals surface area contributed by atoms with E-state index in [0.29, 0.717) is 5.75 Å². The second-order valence-corrected chi connectivity index (χ2v) is 8.94. The van der Waals surface area contributed by atoms with Crippen LogP contribution in [0, 0.1) is 11.6 Å². The van der Waals surface area contributed by atoms with Crippen LogP contribution < -0.4 is 5.73 Å². The summed E-state index contributed by atoms with van der Waals surface area (Å²) >= 11 is 1.63. The molecule has 0 saturated carbocycles. The van der Waals surface area contributed by atoms with Crippen molar-refractivity contribution in [2.45, 2.75) is 23.5 Å². The van der Waals surface area contributed by atoms with Crippen LogP contribution in [0.4, 0.5) is 14.5 Å². The van der Waals surface area contributed by atoms with E-state index in [4.69, 9.17) is 5.73 Å². The van der Waals surface area contributed by atoms with Gasteiger partial charge in [0.1, 0.15) is 11.6 Å². The molecule has 4 nitrogen and oxygen atoms in total. The van der Waals surface area contributed by atoms with E-state index in [1.54, 1.807) is 11.8 Å². The standard InChI is InChI=1S/C12H16F2N2O2S2/c1-12(2)7-16(3-4-19-12)20(17,18)11-9(13)5-8(15)6-10(11)14/h5-6H,3-4,7,15H2,1-2H3. The lowest BCUT2D eigenvalue weighted by atomic mass is 10.2. The molecule has 112 valence electrons. The second kappa shape index (κ2) is 5.16. The molecule has 0 aliphatic carbocycles. The highest BCUT2D eigenvalue weighted by Crippen LogP contribution is 2.33. The molecule has 0 amide bonds. The average Bonchev–Trinajstić information content (AvgIpc) is 2.25. The van der Waals surface area contributed by atoms with Gasteiger partial charge in [-0.2, -0.15) is 16.1 Å². The molecule has 20 heavy (non-hydrogen) atoms. The van der Waals surface area contributed by atoms with Crippen molar-refractivity contribution >= 4 is 27.5 Å². The molecule has 1 aliphatic rings. The summed E-state index contributed by atoms with van der Waals surface area (Å²) < 4.78 is 53.3. The Morgan fingerprint density at radius 1 is 1.30 bits per heavy atom. The Kier molecular flexibility index (Phi) is 4.01. The van der Waals surface area contributed by atoms with Crippen LogP contribution in [0.25, 0.3) is 0 Å². The fourth-order valence-corrected chi connectivity index (χ4v) is 5.14. The van der Waals surface area contributed by atoms with Gasteiger partial charge in [0.2, 0.25) is 10.0 Å². The number of benzene rings is 1. The number of hydrogen-bond donors (Lipinski definition) is 1. The van der Waals surface area contributed by atoms with E-state index < -0.39 is 26.6 Å². The molecule has 0 spiro atoms. The molecule has 1 aliphatic heterocycles. The van der Waals surface area contributed by atoms with Crippen LogP contribution in [0.3, 0.4) is 0 Å². The van der Waals surface area contributed by atoms with Gasteiger partial charge in [-0.15, -0.1) is 0 Å². The van der Waals surface area contributed by atoms with Gasteiger partial charge < -0.3 is 5.73 Å². The third kappa shape index (κ3) is 2.91. The maximum absolute atomic E-state index is 13.8. The van der Waals surface area contributed by atoms with Gasteiger partial charge in [-0.3, -0.25) is 0 Å². The summed E-state index contributed by atoms with van der Waals surface area (Å²) in [5, 5.41) is 0. The fraction of sp³-hybridized carbons (Fsp3) is 0.500. The molecule has 8 heteroatoms. The molecule has 0 bridgehead atoms. The van der Waals surface area contributed by atoms with Gasteiger partial charge in [-0.25, -0.2) is 17.2 Å². The highest BCUT2D eigenvalue weighted by Gasteiger charge is 2.37. The van der Waals surface area contributed by atoms with Crippen LogP contribution in [0.15, 0.2) is 17.0 Å². The lowest BCUT2D eigenvalue weighted by Gasteiger charge is -2.36. The minimum Gasteiger partial charge on any atom is -0.399 e. The van der Waals surface area contributed by atoms with Gasteiger partial charge in [0.25, 0.3) is 0 Å². The molecule has 0 unspecified atom stereocenters. The Morgan fingerprint density at radius 3 is 2.35 bits per heavy atom. The number of sulfonamides is 1. The predicted molar refractivity (Wildman–Crippen MR) is 76.1 cm³/mol. The molecule has 2 rings (SSSR count). The van der Waals surface area contributed by atoms with Crippen molar-refractivity contribution < 1.29 is 17.2 Å². The number of rotatable bonds is 2. The van der Waals surface area contributed by atoms with Crippen molar-refractivity contribution in [3.8, 4) is 0 Å².